The number of carboxylic acid groups (broad SMARTS) is 2. The van der Waals surface area contributed by atoms with Crippen molar-refractivity contribution in [2.24, 2.45) is 0 Å². The number of carbonyl (C=O) groups is 4. The van der Waals surface area contributed by atoms with Crippen LogP contribution in [0.3, 0.4) is 0 Å². The van der Waals surface area contributed by atoms with Crippen molar-refractivity contribution in [3.05, 3.63) is 11.8 Å². The summed E-state index contributed by atoms with van der Waals surface area (Å²) < 4.78 is 0. The minimum Gasteiger partial charge on any atom is -0.503 e. The van der Waals surface area contributed by atoms with Crippen molar-refractivity contribution in [1.29, 1.82) is 0 Å². The number of aliphatic hydroxyl groups is 2. The average Bonchev–Trinajstić information content (AvgIpc) is 2.56. The second-order valence-corrected chi connectivity index (χ2v) is 5.90. The van der Waals surface area contributed by atoms with Crippen LogP contribution >= 0.6 is 0 Å². The Labute approximate surface area is 190 Å². The second-order valence-electron chi connectivity index (χ2n) is 5.90. The van der Waals surface area contributed by atoms with Crippen molar-refractivity contribution in [1.82, 2.24) is 0 Å². The Morgan fingerprint density at radius 2 is 0.862 bits per heavy atom. The largest absolute Gasteiger partial charge is 2.00 e. The van der Waals surface area contributed by atoms with Crippen LogP contribution < -0.4 is 0 Å². The molecule has 0 aliphatic heterocycles. The fourth-order valence-corrected chi connectivity index (χ4v) is 1.10. The van der Waals surface area contributed by atoms with Crippen LogP contribution in [0.5, 0.6) is 0 Å². The van der Waals surface area contributed by atoms with Gasteiger partial charge in [0, 0.05) is 11.6 Å². The first-order chi connectivity index (χ1) is 12.7. The van der Waals surface area contributed by atoms with E-state index in [1.54, 1.807) is 27.7 Å². The van der Waals surface area contributed by atoms with Gasteiger partial charge in [-0.1, -0.05) is 27.7 Å². The van der Waals surface area contributed by atoms with E-state index in [-0.39, 0.29) is 57.3 Å². The molecule has 0 radical (unpaired) electrons. The van der Waals surface area contributed by atoms with Crippen molar-refractivity contribution < 1.29 is 61.3 Å². The van der Waals surface area contributed by atoms with Gasteiger partial charge in [0.1, 0.15) is 0 Å². The molecule has 29 heavy (non-hydrogen) atoms. The van der Waals surface area contributed by atoms with Gasteiger partial charge in [0.05, 0.1) is 12.2 Å². The summed E-state index contributed by atoms with van der Waals surface area (Å²) >= 11 is 0. The summed E-state index contributed by atoms with van der Waals surface area (Å²) in [6, 6.07) is 0. The van der Waals surface area contributed by atoms with Crippen LogP contribution in [-0.4, -0.2) is 56.1 Å². The molecule has 0 aliphatic carbocycles. The zero-order valence-electron chi connectivity index (χ0n) is 18.9. The number of aliphatic carboxylic acids is 2. The van der Waals surface area contributed by atoms with Crippen LogP contribution in [-0.2, 0) is 40.9 Å². The van der Waals surface area contributed by atoms with Crippen molar-refractivity contribution in [3.8, 4) is 0 Å². The molecule has 0 aromatic carbocycles. The van der Waals surface area contributed by atoms with E-state index >= 15 is 0 Å². The summed E-state index contributed by atoms with van der Waals surface area (Å²) in [4.78, 5) is 41.0. The quantitative estimate of drug-likeness (QED) is 0.248. The van der Waals surface area contributed by atoms with Crippen LogP contribution in [0.4, 0.5) is 0 Å². The van der Waals surface area contributed by atoms with Crippen LogP contribution in [0.1, 0.15) is 81.1 Å². The smallest absolute Gasteiger partial charge is 0.503 e. The molecule has 2 atom stereocenters. The molecule has 0 spiro atoms. The topological polar surface area (TPSA) is 149 Å². The molecule has 9 heteroatoms. The van der Waals surface area contributed by atoms with Gasteiger partial charge >= 0.3 is 21.7 Å². The van der Waals surface area contributed by atoms with Crippen LogP contribution in [0.2, 0.25) is 0 Å². The molecule has 0 aromatic heterocycles. The van der Waals surface area contributed by atoms with E-state index in [2.05, 4.69) is 0 Å². The monoisotopic (exact) mass is 454 g/mol. The number of rotatable bonds is 8. The van der Waals surface area contributed by atoms with Gasteiger partial charge < -0.3 is 30.0 Å². The number of ketones is 2. The van der Waals surface area contributed by atoms with Crippen molar-refractivity contribution >= 4 is 23.5 Å². The van der Waals surface area contributed by atoms with E-state index in [4.69, 9.17) is 20.4 Å². The summed E-state index contributed by atoms with van der Waals surface area (Å²) in [7, 11) is 0. The Bertz CT molecular complexity index is 368. The van der Waals surface area contributed by atoms with Gasteiger partial charge in [-0.15, -0.1) is 0 Å². The maximum Gasteiger partial charge on any atom is 2.00 e. The van der Waals surface area contributed by atoms with E-state index in [0.717, 1.165) is 12.8 Å². The van der Waals surface area contributed by atoms with Crippen LogP contribution in [0.25, 0.3) is 0 Å². The van der Waals surface area contributed by atoms with E-state index in [9.17, 15) is 19.2 Å². The summed E-state index contributed by atoms with van der Waals surface area (Å²) in [6.45, 7) is 13.3. The van der Waals surface area contributed by atoms with E-state index in [1.807, 2.05) is 13.8 Å². The third-order valence-electron chi connectivity index (χ3n) is 3.26. The Hall–Kier alpha value is -1.35. The first-order valence-electron chi connectivity index (χ1n) is 9.29. The summed E-state index contributed by atoms with van der Waals surface area (Å²) in [5, 5.41) is 33.3. The third-order valence-corrected chi connectivity index (χ3v) is 3.26. The second kappa shape index (κ2) is 24.7. The summed E-state index contributed by atoms with van der Waals surface area (Å²) in [5.74, 6) is -2.99. The van der Waals surface area contributed by atoms with Gasteiger partial charge in [-0.2, -0.15) is 12.8 Å². The maximum atomic E-state index is 10.4. The Morgan fingerprint density at radius 1 is 0.690 bits per heavy atom. The van der Waals surface area contributed by atoms with Crippen LogP contribution in [0.15, 0.2) is 0 Å². The Balaban J connectivity index is -0.0000000907. The van der Waals surface area contributed by atoms with E-state index in [0.29, 0.717) is 12.8 Å². The van der Waals surface area contributed by atoms with Gasteiger partial charge in [0.15, 0.2) is 11.9 Å². The molecular formula is C20H38O8Ti. The fourth-order valence-electron chi connectivity index (χ4n) is 1.10. The molecule has 0 amide bonds. The van der Waals surface area contributed by atoms with Gasteiger partial charge in [-0.25, -0.2) is 11.8 Å². The van der Waals surface area contributed by atoms with Gasteiger partial charge in [0.25, 0.3) is 0 Å². The molecule has 2 unspecified atom stereocenters. The molecule has 0 rings (SSSR count). The SMILES string of the molecule is CCC(C)O.CCC(C)O.CC[C-](C(C)=O)C(=O)O.CC[C-](C(C)=O)C(=O)O.[Ti+2]. The Morgan fingerprint density at radius 3 is 0.862 bits per heavy atom. The molecular weight excluding hydrogens is 416 g/mol. The molecule has 0 fully saturated rings. The number of Topliss-reactive ketones (excluding diaryl/α,β-unsaturated/α-hetero) is 2. The molecule has 8 nitrogen and oxygen atoms in total. The van der Waals surface area contributed by atoms with Crippen molar-refractivity contribution in [2.45, 2.75) is 93.3 Å². The fraction of sp³-hybridized carbons (Fsp3) is 0.700. The van der Waals surface area contributed by atoms with Gasteiger partial charge in [-0.3, -0.25) is 9.59 Å². The van der Waals surface area contributed by atoms with Crippen LogP contribution in [0, 0.1) is 11.8 Å². The Kier molecular flexibility index (Phi) is 32.6. The molecule has 170 valence electrons. The number of aliphatic hydroxyl groups excluding tert-OH is 2. The van der Waals surface area contributed by atoms with Crippen molar-refractivity contribution in [3.63, 3.8) is 0 Å². The van der Waals surface area contributed by atoms with Gasteiger partial charge in [-0.05, 0) is 40.5 Å². The molecule has 0 saturated carbocycles. The third kappa shape index (κ3) is 31.6. The van der Waals surface area contributed by atoms with Crippen molar-refractivity contribution in [2.75, 3.05) is 0 Å². The summed E-state index contributed by atoms with van der Waals surface area (Å²) in [5.41, 5.74) is 0. The minimum absolute atomic E-state index is 0. The van der Waals surface area contributed by atoms with Gasteiger partial charge in [0.2, 0.25) is 0 Å². The predicted molar refractivity (Wildman–Crippen MR) is 108 cm³/mol. The predicted octanol–water partition coefficient (Wildman–Crippen LogP) is 2.84. The summed E-state index contributed by atoms with van der Waals surface area (Å²) in [6.07, 6.45) is 2.08. The molecule has 0 aromatic rings. The number of carboxylic acids is 2. The molecule has 0 saturated heterocycles. The first kappa shape index (κ1) is 38.3. The number of carbonyl (C=O) groups excluding carboxylic acids is 2. The number of hydrogen-bond donors (Lipinski definition) is 4. The molecule has 0 bridgehead atoms. The molecule has 0 heterocycles. The number of hydrogen-bond acceptors (Lipinski definition) is 6. The van der Waals surface area contributed by atoms with E-state index in [1.165, 1.54) is 13.8 Å². The normalized spacial score (nSPS) is 10.6. The zero-order valence-corrected chi connectivity index (χ0v) is 20.5. The zero-order chi connectivity index (χ0) is 23.4. The standard InChI is InChI=1S/2C6H9O3.2C4H10O.Ti/c2*1-3-5(4(2)7)6(8)9;2*1-3-4(2)5;/h2*3H2,1-2H3,(H,8,9);2*4-5H,3H2,1-2H3;/q2*-1;;;+2. The first-order valence-corrected chi connectivity index (χ1v) is 9.29. The molecule has 4 N–H and O–H groups in total. The van der Waals surface area contributed by atoms with E-state index < -0.39 is 11.9 Å². The minimum atomic E-state index is -1.11. The average molecular weight is 454 g/mol. The maximum absolute atomic E-state index is 10.4. The molecule has 0 aliphatic rings.